The predicted octanol–water partition coefficient (Wildman–Crippen LogP) is 1.36. The van der Waals surface area contributed by atoms with Gasteiger partial charge in [0.05, 0.1) is 10.3 Å². The number of amides is 1. The van der Waals surface area contributed by atoms with Crippen molar-refractivity contribution in [3.05, 3.63) is 22.4 Å². The third kappa shape index (κ3) is 2.70. The Morgan fingerprint density at radius 2 is 2.17 bits per heavy atom. The van der Waals surface area contributed by atoms with Gasteiger partial charge in [-0.25, -0.2) is 0 Å². The Morgan fingerprint density at radius 3 is 2.72 bits per heavy atom. The summed E-state index contributed by atoms with van der Waals surface area (Å²) in [6.07, 6.45) is 0.875. The summed E-state index contributed by atoms with van der Waals surface area (Å²) in [4.78, 5) is 23.8. The van der Waals surface area contributed by atoms with Crippen LogP contribution in [0, 0.1) is 5.41 Å². The van der Waals surface area contributed by atoms with E-state index in [2.05, 4.69) is 5.32 Å². The maximum Gasteiger partial charge on any atom is 0.311 e. The number of ether oxygens (including phenoxy) is 1. The monoisotopic (exact) mass is 269 g/mol. The number of carboxylic acid groups (broad SMARTS) is 1. The molecule has 1 aromatic rings. The van der Waals surface area contributed by atoms with E-state index in [-0.39, 0.29) is 12.5 Å². The Balaban J connectivity index is 1.98. The van der Waals surface area contributed by atoms with Crippen molar-refractivity contribution in [1.82, 2.24) is 5.32 Å². The molecule has 98 valence electrons. The van der Waals surface area contributed by atoms with Gasteiger partial charge >= 0.3 is 5.97 Å². The second kappa shape index (κ2) is 5.49. The van der Waals surface area contributed by atoms with Gasteiger partial charge in [-0.1, -0.05) is 6.07 Å². The number of aliphatic carboxylic acids is 1. The average molecular weight is 269 g/mol. The SMILES string of the molecule is O=C(NCC1(C(=O)O)CCOCC1)c1cccs1. The van der Waals surface area contributed by atoms with Crippen molar-refractivity contribution in [2.75, 3.05) is 19.8 Å². The van der Waals surface area contributed by atoms with E-state index in [4.69, 9.17) is 4.74 Å². The van der Waals surface area contributed by atoms with Crippen LogP contribution >= 0.6 is 11.3 Å². The summed E-state index contributed by atoms with van der Waals surface area (Å²) in [5, 5.41) is 13.9. The molecule has 1 saturated heterocycles. The number of thiophene rings is 1. The second-order valence-electron chi connectivity index (χ2n) is 4.36. The van der Waals surface area contributed by atoms with Crippen molar-refractivity contribution in [1.29, 1.82) is 0 Å². The van der Waals surface area contributed by atoms with Gasteiger partial charge in [-0.05, 0) is 24.3 Å². The van der Waals surface area contributed by atoms with Crippen molar-refractivity contribution in [3.63, 3.8) is 0 Å². The minimum atomic E-state index is -0.884. The molecular formula is C12H15NO4S. The summed E-state index contributed by atoms with van der Waals surface area (Å²) in [6.45, 7) is 1.02. The third-order valence-electron chi connectivity index (χ3n) is 3.24. The lowest BCUT2D eigenvalue weighted by Crippen LogP contribution is -2.46. The Kier molecular flexibility index (Phi) is 3.98. The maximum atomic E-state index is 11.8. The number of carbonyl (C=O) groups is 2. The van der Waals surface area contributed by atoms with Crippen LogP contribution in [-0.4, -0.2) is 36.7 Å². The zero-order chi connectivity index (χ0) is 13.0. The highest BCUT2D eigenvalue weighted by Crippen LogP contribution is 2.30. The van der Waals surface area contributed by atoms with Gasteiger partial charge in [-0.3, -0.25) is 9.59 Å². The fourth-order valence-corrected chi connectivity index (χ4v) is 2.61. The van der Waals surface area contributed by atoms with Gasteiger partial charge in [0.1, 0.15) is 0 Å². The summed E-state index contributed by atoms with van der Waals surface area (Å²) < 4.78 is 5.18. The maximum absolute atomic E-state index is 11.8. The van der Waals surface area contributed by atoms with Crippen molar-refractivity contribution >= 4 is 23.2 Å². The van der Waals surface area contributed by atoms with E-state index in [1.165, 1.54) is 11.3 Å². The molecule has 1 aliphatic heterocycles. The number of hydrogen-bond acceptors (Lipinski definition) is 4. The first kappa shape index (κ1) is 13.0. The van der Waals surface area contributed by atoms with Crippen LogP contribution in [0.15, 0.2) is 17.5 Å². The summed E-state index contributed by atoms with van der Waals surface area (Å²) in [6, 6.07) is 3.51. The van der Waals surface area contributed by atoms with Crippen molar-refractivity contribution < 1.29 is 19.4 Å². The molecule has 0 spiro atoms. The van der Waals surface area contributed by atoms with Gasteiger partial charge in [0.2, 0.25) is 0 Å². The van der Waals surface area contributed by atoms with E-state index in [1.54, 1.807) is 12.1 Å². The number of hydrogen-bond donors (Lipinski definition) is 2. The molecule has 5 nitrogen and oxygen atoms in total. The van der Waals surface area contributed by atoms with Gasteiger partial charge in [0.15, 0.2) is 0 Å². The van der Waals surface area contributed by atoms with Crippen LogP contribution in [0.1, 0.15) is 22.5 Å². The molecule has 0 saturated carbocycles. The number of nitrogens with one attached hydrogen (secondary N) is 1. The highest BCUT2D eigenvalue weighted by atomic mass is 32.1. The quantitative estimate of drug-likeness (QED) is 0.865. The average Bonchev–Trinajstić information content (AvgIpc) is 2.91. The van der Waals surface area contributed by atoms with E-state index >= 15 is 0 Å². The lowest BCUT2D eigenvalue weighted by molar-refractivity contribution is -0.154. The summed E-state index contributed by atoms with van der Waals surface area (Å²) in [5.74, 6) is -1.07. The first-order valence-electron chi connectivity index (χ1n) is 5.77. The largest absolute Gasteiger partial charge is 0.481 e. The smallest absolute Gasteiger partial charge is 0.311 e. The van der Waals surface area contributed by atoms with Crippen molar-refractivity contribution in [2.24, 2.45) is 5.41 Å². The Morgan fingerprint density at radius 1 is 1.44 bits per heavy atom. The first-order chi connectivity index (χ1) is 8.64. The zero-order valence-electron chi connectivity index (χ0n) is 9.85. The molecule has 1 amide bonds. The van der Waals surface area contributed by atoms with Gasteiger partial charge in [0.25, 0.3) is 5.91 Å². The molecule has 2 rings (SSSR count). The predicted molar refractivity (Wildman–Crippen MR) is 66.8 cm³/mol. The Hall–Kier alpha value is -1.40. The van der Waals surface area contributed by atoms with Gasteiger partial charge in [0, 0.05) is 19.8 Å². The molecule has 6 heteroatoms. The number of rotatable bonds is 4. The van der Waals surface area contributed by atoms with Crippen LogP contribution < -0.4 is 5.32 Å². The fourth-order valence-electron chi connectivity index (χ4n) is 1.97. The van der Waals surface area contributed by atoms with Gasteiger partial charge in [-0.15, -0.1) is 11.3 Å². The van der Waals surface area contributed by atoms with Crippen LogP contribution in [0.2, 0.25) is 0 Å². The highest BCUT2D eigenvalue weighted by Gasteiger charge is 2.40. The van der Waals surface area contributed by atoms with E-state index in [1.807, 2.05) is 5.38 Å². The molecule has 0 unspecified atom stereocenters. The summed E-state index contributed by atoms with van der Waals surface area (Å²) in [5.41, 5.74) is -0.884. The van der Waals surface area contributed by atoms with Crippen LogP contribution in [0.25, 0.3) is 0 Å². The van der Waals surface area contributed by atoms with Gasteiger partial charge in [-0.2, -0.15) is 0 Å². The molecule has 0 atom stereocenters. The summed E-state index contributed by atoms with van der Waals surface area (Å²) >= 11 is 1.34. The van der Waals surface area contributed by atoms with Crippen LogP contribution in [0.5, 0.6) is 0 Å². The minimum absolute atomic E-state index is 0.155. The van der Waals surface area contributed by atoms with Crippen LogP contribution in [0.4, 0.5) is 0 Å². The zero-order valence-corrected chi connectivity index (χ0v) is 10.7. The topological polar surface area (TPSA) is 75.6 Å². The van der Waals surface area contributed by atoms with E-state index in [0.29, 0.717) is 30.9 Å². The van der Waals surface area contributed by atoms with Crippen LogP contribution in [-0.2, 0) is 9.53 Å². The molecule has 1 aliphatic rings. The summed E-state index contributed by atoms with van der Waals surface area (Å²) in [7, 11) is 0. The van der Waals surface area contributed by atoms with E-state index < -0.39 is 11.4 Å². The van der Waals surface area contributed by atoms with Crippen LogP contribution in [0.3, 0.4) is 0 Å². The standard InChI is InChI=1S/C12H15NO4S/c14-10(9-2-1-7-18-9)13-8-12(11(15)16)3-5-17-6-4-12/h1-2,7H,3-6,8H2,(H,13,14)(H,15,16). The lowest BCUT2D eigenvalue weighted by atomic mass is 9.80. The normalized spacial score (nSPS) is 18.2. The van der Waals surface area contributed by atoms with Gasteiger partial charge < -0.3 is 15.2 Å². The second-order valence-corrected chi connectivity index (χ2v) is 5.31. The molecule has 0 aromatic carbocycles. The molecule has 2 heterocycles. The lowest BCUT2D eigenvalue weighted by Gasteiger charge is -2.33. The number of carboxylic acids is 1. The highest BCUT2D eigenvalue weighted by molar-refractivity contribution is 7.12. The van der Waals surface area contributed by atoms with E-state index in [9.17, 15) is 14.7 Å². The molecule has 0 aliphatic carbocycles. The molecule has 1 aromatic heterocycles. The van der Waals surface area contributed by atoms with E-state index in [0.717, 1.165) is 0 Å². The molecular weight excluding hydrogens is 254 g/mol. The Labute approximate surface area is 109 Å². The first-order valence-corrected chi connectivity index (χ1v) is 6.65. The molecule has 0 bridgehead atoms. The third-order valence-corrected chi connectivity index (χ3v) is 4.10. The number of carbonyl (C=O) groups excluding carboxylic acids is 1. The molecule has 1 fully saturated rings. The minimum Gasteiger partial charge on any atom is -0.481 e. The van der Waals surface area contributed by atoms with Crippen molar-refractivity contribution in [2.45, 2.75) is 12.8 Å². The van der Waals surface area contributed by atoms with Crippen molar-refractivity contribution in [3.8, 4) is 0 Å². The molecule has 0 radical (unpaired) electrons. The molecule has 18 heavy (non-hydrogen) atoms. The Bertz CT molecular complexity index is 423. The molecule has 2 N–H and O–H groups in total. The fraction of sp³-hybridized carbons (Fsp3) is 0.500.